The Hall–Kier alpha value is -2.22. The van der Waals surface area contributed by atoms with E-state index in [-0.39, 0.29) is 23.5 Å². The van der Waals surface area contributed by atoms with Crippen LogP contribution in [0.3, 0.4) is 0 Å². The maximum Gasteiger partial charge on any atom is 0.277 e. The Labute approximate surface area is 163 Å². The maximum atomic E-state index is 12.0. The molecule has 1 heterocycles. The lowest BCUT2D eigenvalue weighted by molar-refractivity contribution is -0.113. The molecule has 1 amide bonds. The average molecular weight is 410 g/mol. The topological polar surface area (TPSA) is 77.2 Å². The van der Waals surface area contributed by atoms with E-state index >= 15 is 0 Å². The highest BCUT2D eigenvalue weighted by Gasteiger charge is 2.11. The summed E-state index contributed by atoms with van der Waals surface area (Å²) in [6, 6.07) is 14.1. The Morgan fingerprint density at radius 3 is 2.58 bits per heavy atom. The first-order valence-electron chi connectivity index (χ1n) is 7.47. The van der Waals surface area contributed by atoms with Gasteiger partial charge in [0.15, 0.2) is 6.61 Å². The van der Waals surface area contributed by atoms with Gasteiger partial charge in [0.1, 0.15) is 5.75 Å². The lowest BCUT2D eigenvalue weighted by Crippen LogP contribution is -2.13. The minimum atomic E-state index is -0.242. The fourth-order valence-corrected chi connectivity index (χ4v) is 3.07. The van der Waals surface area contributed by atoms with E-state index in [4.69, 9.17) is 32.4 Å². The zero-order chi connectivity index (χ0) is 18.4. The Morgan fingerprint density at radius 1 is 1.12 bits per heavy atom. The SMILES string of the molecule is O=C(CSc1nnc(COc2ccccc2)o1)Nc1cc(Cl)cc(Cl)c1. The van der Waals surface area contributed by atoms with Crippen molar-refractivity contribution >= 4 is 46.6 Å². The molecule has 0 aliphatic rings. The van der Waals surface area contributed by atoms with Crippen molar-refractivity contribution in [3.63, 3.8) is 0 Å². The van der Waals surface area contributed by atoms with Crippen molar-refractivity contribution in [3.8, 4) is 5.75 Å². The molecule has 0 fully saturated rings. The van der Waals surface area contributed by atoms with Gasteiger partial charge in [0.05, 0.1) is 5.75 Å². The van der Waals surface area contributed by atoms with E-state index in [0.29, 0.717) is 27.4 Å². The molecule has 0 atom stereocenters. The van der Waals surface area contributed by atoms with Crippen LogP contribution in [0.15, 0.2) is 58.2 Å². The summed E-state index contributed by atoms with van der Waals surface area (Å²) in [7, 11) is 0. The number of carbonyl (C=O) groups is 1. The second-order valence-corrected chi connectivity index (χ2v) is 6.86. The molecule has 0 aliphatic carbocycles. The molecule has 3 aromatic rings. The van der Waals surface area contributed by atoms with Gasteiger partial charge in [-0.25, -0.2) is 0 Å². The van der Waals surface area contributed by atoms with Crippen LogP contribution in [0.4, 0.5) is 5.69 Å². The number of benzene rings is 2. The maximum absolute atomic E-state index is 12.0. The predicted octanol–water partition coefficient (Wildman–Crippen LogP) is 4.69. The number of aromatic nitrogens is 2. The molecule has 2 aromatic carbocycles. The van der Waals surface area contributed by atoms with Crippen molar-refractivity contribution in [1.29, 1.82) is 0 Å². The van der Waals surface area contributed by atoms with Crippen molar-refractivity contribution in [2.45, 2.75) is 11.8 Å². The summed E-state index contributed by atoms with van der Waals surface area (Å²) in [6.07, 6.45) is 0. The molecule has 0 saturated heterocycles. The highest BCUT2D eigenvalue weighted by Crippen LogP contribution is 2.23. The van der Waals surface area contributed by atoms with Gasteiger partial charge >= 0.3 is 0 Å². The van der Waals surface area contributed by atoms with Crippen LogP contribution in [-0.4, -0.2) is 21.9 Å². The number of thioether (sulfide) groups is 1. The number of nitrogens with one attached hydrogen (secondary N) is 1. The largest absolute Gasteiger partial charge is 0.484 e. The molecule has 26 heavy (non-hydrogen) atoms. The van der Waals surface area contributed by atoms with Gasteiger partial charge in [0.25, 0.3) is 11.1 Å². The molecule has 0 unspecified atom stereocenters. The molecule has 6 nitrogen and oxygen atoms in total. The molecule has 3 rings (SSSR count). The average Bonchev–Trinajstić information content (AvgIpc) is 3.06. The highest BCUT2D eigenvalue weighted by atomic mass is 35.5. The lowest BCUT2D eigenvalue weighted by atomic mass is 10.3. The van der Waals surface area contributed by atoms with E-state index in [1.54, 1.807) is 18.2 Å². The zero-order valence-electron chi connectivity index (χ0n) is 13.3. The van der Waals surface area contributed by atoms with Crippen molar-refractivity contribution < 1.29 is 13.9 Å². The second-order valence-electron chi connectivity index (χ2n) is 5.06. The summed E-state index contributed by atoms with van der Waals surface area (Å²) in [6.45, 7) is 0.158. The Morgan fingerprint density at radius 2 is 1.85 bits per heavy atom. The van der Waals surface area contributed by atoms with Crippen molar-refractivity contribution in [3.05, 3.63) is 64.5 Å². The molecule has 0 saturated carbocycles. The van der Waals surface area contributed by atoms with Crippen LogP contribution < -0.4 is 10.1 Å². The fraction of sp³-hybridized carbons (Fsp3) is 0.118. The van der Waals surface area contributed by atoms with Gasteiger partial charge in [-0.3, -0.25) is 4.79 Å². The van der Waals surface area contributed by atoms with E-state index < -0.39 is 0 Å². The van der Waals surface area contributed by atoms with Crippen LogP contribution in [0, 0.1) is 0 Å². The molecule has 9 heteroatoms. The number of carbonyl (C=O) groups excluding carboxylic acids is 1. The molecular formula is C17H13Cl2N3O3S. The first kappa shape index (κ1) is 18.6. The standard InChI is InChI=1S/C17H13Cl2N3O3S/c18-11-6-12(19)8-13(7-11)20-15(23)10-26-17-22-21-16(25-17)9-24-14-4-2-1-3-5-14/h1-8H,9-10H2,(H,20,23). The van der Waals surface area contributed by atoms with Crippen LogP contribution in [0.25, 0.3) is 0 Å². The van der Waals surface area contributed by atoms with Gasteiger partial charge < -0.3 is 14.5 Å². The molecule has 0 aliphatic heterocycles. The van der Waals surface area contributed by atoms with E-state index in [1.165, 1.54) is 0 Å². The molecule has 134 valence electrons. The molecule has 0 bridgehead atoms. The number of hydrogen-bond acceptors (Lipinski definition) is 6. The number of halogens is 2. The lowest BCUT2D eigenvalue weighted by Gasteiger charge is -2.05. The van der Waals surface area contributed by atoms with E-state index in [2.05, 4.69) is 15.5 Å². The minimum Gasteiger partial charge on any atom is -0.484 e. The van der Waals surface area contributed by atoms with Crippen LogP contribution in [0.1, 0.15) is 5.89 Å². The van der Waals surface area contributed by atoms with Gasteiger partial charge in [-0.05, 0) is 30.3 Å². The van der Waals surface area contributed by atoms with Gasteiger partial charge in [0, 0.05) is 15.7 Å². The summed E-state index contributed by atoms with van der Waals surface area (Å²) in [5.74, 6) is 0.900. The minimum absolute atomic E-state index is 0.102. The van der Waals surface area contributed by atoms with Gasteiger partial charge in [-0.1, -0.05) is 53.2 Å². The van der Waals surface area contributed by atoms with Crippen LogP contribution in [0.5, 0.6) is 5.75 Å². The number of ether oxygens (including phenoxy) is 1. The van der Waals surface area contributed by atoms with Gasteiger partial charge in [-0.15, -0.1) is 10.2 Å². The summed E-state index contributed by atoms with van der Waals surface area (Å²) in [4.78, 5) is 12.0. The summed E-state index contributed by atoms with van der Waals surface area (Å²) in [5, 5.41) is 11.6. The molecule has 1 aromatic heterocycles. The number of amides is 1. The third-order valence-electron chi connectivity index (χ3n) is 3.03. The van der Waals surface area contributed by atoms with Crippen molar-refractivity contribution in [2.75, 3.05) is 11.1 Å². The van der Waals surface area contributed by atoms with Crippen LogP contribution >= 0.6 is 35.0 Å². The van der Waals surface area contributed by atoms with E-state index in [0.717, 1.165) is 11.8 Å². The molecule has 0 spiro atoms. The molecule has 1 N–H and O–H groups in total. The Bertz CT molecular complexity index is 870. The second kappa shape index (κ2) is 8.93. The summed E-state index contributed by atoms with van der Waals surface area (Å²) in [5.41, 5.74) is 0.524. The normalized spacial score (nSPS) is 10.5. The Balaban J connectivity index is 1.47. The number of para-hydroxylation sites is 1. The molecule has 0 radical (unpaired) electrons. The van der Waals surface area contributed by atoms with Crippen LogP contribution in [0.2, 0.25) is 10.0 Å². The number of rotatable bonds is 7. The van der Waals surface area contributed by atoms with Crippen molar-refractivity contribution in [1.82, 2.24) is 10.2 Å². The Kier molecular flexibility index (Phi) is 6.38. The summed E-state index contributed by atoms with van der Waals surface area (Å²) >= 11 is 12.9. The first-order chi connectivity index (χ1) is 12.6. The predicted molar refractivity (Wildman–Crippen MR) is 101 cm³/mol. The highest BCUT2D eigenvalue weighted by molar-refractivity contribution is 7.99. The zero-order valence-corrected chi connectivity index (χ0v) is 15.6. The van der Waals surface area contributed by atoms with Crippen molar-refractivity contribution in [2.24, 2.45) is 0 Å². The summed E-state index contributed by atoms with van der Waals surface area (Å²) < 4.78 is 11.0. The van der Waals surface area contributed by atoms with Gasteiger partial charge in [0.2, 0.25) is 5.91 Å². The van der Waals surface area contributed by atoms with Crippen LogP contribution in [-0.2, 0) is 11.4 Å². The number of anilines is 1. The third kappa shape index (κ3) is 5.66. The van der Waals surface area contributed by atoms with Gasteiger partial charge in [-0.2, -0.15) is 0 Å². The first-order valence-corrected chi connectivity index (χ1v) is 9.21. The number of nitrogens with zero attached hydrogens (tertiary/aromatic N) is 2. The molecular weight excluding hydrogens is 397 g/mol. The fourth-order valence-electron chi connectivity index (χ4n) is 1.97. The quantitative estimate of drug-likeness (QED) is 0.570. The van der Waals surface area contributed by atoms with E-state index in [9.17, 15) is 4.79 Å². The van der Waals surface area contributed by atoms with E-state index in [1.807, 2.05) is 30.3 Å². The number of hydrogen-bond donors (Lipinski definition) is 1. The third-order valence-corrected chi connectivity index (χ3v) is 4.28. The monoisotopic (exact) mass is 409 g/mol. The smallest absolute Gasteiger partial charge is 0.277 e.